The van der Waals surface area contributed by atoms with Gasteiger partial charge in [0, 0.05) is 21.7 Å². The minimum absolute atomic E-state index is 0.298. The molecule has 0 aliphatic heterocycles. The molecule has 1 amide bonds. The molecule has 3 aromatic carbocycles. The molecule has 0 saturated heterocycles. The SMILES string of the molecule is O=C(Nc1cccc(F)c1)c1cccc2c(Cl)cccc12. The number of amides is 1. The Morgan fingerprint density at radius 1 is 0.952 bits per heavy atom. The molecule has 0 aromatic heterocycles. The molecule has 3 aromatic rings. The van der Waals surface area contributed by atoms with Crippen LogP contribution in [0.4, 0.5) is 10.1 Å². The maximum absolute atomic E-state index is 13.2. The Labute approximate surface area is 126 Å². The summed E-state index contributed by atoms with van der Waals surface area (Å²) in [7, 11) is 0. The number of fused-ring (bicyclic) bond motifs is 1. The Kier molecular flexibility index (Phi) is 3.59. The Hall–Kier alpha value is -2.39. The van der Waals surface area contributed by atoms with E-state index in [2.05, 4.69) is 5.32 Å². The van der Waals surface area contributed by atoms with E-state index in [4.69, 9.17) is 11.6 Å². The Bertz CT molecular complexity index is 832. The van der Waals surface area contributed by atoms with E-state index in [-0.39, 0.29) is 5.91 Å². The molecule has 0 radical (unpaired) electrons. The van der Waals surface area contributed by atoms with Crippen molar-refractivity contribution in [1.29, 1.82) is 0 Å². The van der Waals surface area contributed by atoms with Crippen molar-refractivity contribution in [3.8, 4) is 0 Å². The molecule has 0 unspecified atom stereocenters. The number of carbonyl (C=O) groups excluding carboxylic acids is 1. The van der Waals surface area contributed by atoms with Crippen molar-refractivity contribution in [2.75, 3.05) is 5.32 Å². The molecule has 4 heteroatoms. The van der Waals surface area contributed by atoms with Crippen LogP contribution < -0.4 is 5.32 Å². The van der Waals surface area contributed by atoms with Crippen LogP contribution in [0.25, 0.3) is 10.8 Å². The van der Waals surface area contributed by atoms with E-state index >= 15 is 0 Å². The normalized spacial score (nSPS) is 10.6. The second-order valence-electron chi connectivity index (χ2n) is 4.61. The van der Waals surface area contributed by atoms with Crippen LogP contribution in [0.1, 0.15) is 10.4 Å². The third-order valence-electron chi connectivity index (χ3n) is 3.20. The topological polar surface area (TPSA) is 29.1 Å². The lowest BCUT2D eigenvalue weighted by molar-refractivity contribution is 0.102. The molecule has 3 rings (SSSR count). The highest BCUT2D eigenvalue weighted by atomic mass is 35.5. The third-order valence-corrected chi connectivity index (χ3v) is 3.53. The average Bonchev–Trinajstić information content (AvgIpc) is 2.47. The molecule has 104 valence electrons. The van der Waals surface area contributed by atoms with Gasteiger partial charge in [-0.15, -0.1) is 0 Å². The van der Waals surface area contributed by atoms with Gasteiger partial charge in [-0.2, -0.15) is 0 Å². The highest BCUT2D eigenvalue weighted by molar-refractivity contribution is 6.36. The van der Waals surface area contributed by atoms with Gasteiger partial charge in [-0.25, -0.2) is 4.39 Å². The summed E-state index contributed by atoms with van der Waals surface area (Å²) in [5, 5.41) is 4.85. The van der Waals surface area contributed by atoms with E-state index in [0.717, 1.165) is 10.8 Å². The van der Waals surface area contributed by atoms with Crippen LogP contribution in [-0.4, -0.2) is 5.91 Å². The summed E-state index contributed by atoms with van der Waals surface area (Å²) in [5.74, 6) is -0.692. The first kappa shape index (κ1) is 13.6. The molecule has 0 fully saturated rings. The molecule has 0 saturated carbocycles. The zero-order valence-electron chi connectivity index (χ0n) is 10.9. The lowest BCUT2D eigenvalue weighted by atomic mass is 10.0. The van der Waals surface area contributed by atoms with E-state index in [9.17, 15) is 9.18 Å². The average molecular weight is 300 g/mol. The van der Waals surface area contributed by atoms with Crippen molar-refractivity contribution >= 4 is 34.0 Å². The smallest absolute Gasteiger partial charge is 0.256 e. The van der Waals surface area contributed by atoms with Gasteiger partial charge in [-0.3, -0.25) is 4.79 Å². The predicted molar refractivity (Wildman–Crippen MR) is 83.3 cm³/mol. The highest BCUT2D eigenvalue weighted by Gasteiger charge is 2.11. The van der Waals surface area contributed by atoms with Crippen molar-refractivity contribution in [3.05, 3.63) is 77.1 Å². The molecule has 2 nitrogen and oxygen atoms in total. The van der Waals surface area contributed by atoms with Gasteiger partial charge in [0.25, 0.3) is 5.91 Å². The quantitative estimate of drug-likeness (QED) is 0.717. The van der Waals surface area contributed by atoms with Crippen molar-refractivity contribution in [2.45, 2.75) is 0 Å². The summed E-state index contributed by atoms with van der Waals surface area (Å²) >= 11 is 6.13. The molecule has 0 aliphatic carbocycles. The van der Waals surface area contributed by atoms with Crippen molar-refractivity contribution in [1.82, 2.24) is 0 Å². The molecule has 21 heavy (non-hydrogen) atoms. The van der Waals surface area contributed by atoms with Gasteiger partial charge >= 0.3 is 0 Å². The van der Waals surface area contributed by atoms with E-state index in [1.54, 1.807) is 36.4 Å². The summed E-state index contributed by atoms with van der Waals surface area (Å²) in [4.78, 5) is 12.4. The summed E-state index contributed by atoms with van der Waals surface area (Å²) in [6, 6.07) is 16.5. The zero-order chi connectivity index (χ0) is 14.8. The molecule has 0 spiro atoms. The fourth-order valence-electron chi connectivity index (χ4n) is 2.23. The van der Waals surface area contributed by atoms with Gasteiger partial charge in [0.1, 0.15) is 5.82 Å². The van der Waals surface area contributed by atoms with Crippen molar-refractivity contribution < 1.29 is 9.18 Å². The monoisotopic (exact) mass is 299 g/mol. The number of rotatable bonds is 2. The zero-order valence-corrected chi connectivity index (χ0v) is 11.7. The largest absolute Gasteiger partial charge is 0.322 e. The number of nitrogens with one attached hydrogen (secondary N) is 1. The first-order chi connectivity index (χ1) is 10.1. The van der Waals surface area contributed by atoms with Crippen molar-refractivity contribution in [2.24, 2.45) is 0 Å². The number of carbonyl (C=O) groups is 1. The van der Waals surface area contributed by atoms with Gasteiger partial charge in [-0.1, -0.05) is 41.9 Å². The molecular weight excluding hydrogens is 289 g/mol. The van der Waals surface area contributed by atoms with Gasteiger partial charge in [0.15, 0.2) is 0 Å². The minimum Gasteiger partial charge on any atom is -0.322 e. The fraction of sp³-hybridized carbons (Fsp3) is 0. The predicted octanol–water partition coefficient (Wildman–Crippen LogP) is 4.88. The highest BCUT2D eigenvalue weighted by Crippen LogP contribution is 2.26. The van der Waals surface area contributed by atoms with Crippen molar-refractivity contribution in [3.63, 3.8) is 0 Å². The second-order valence-corrected chi connectivity index (χ2v) is 5.01. The lowest BCUT2D eigenvalue weighted by Gasteiger charge is -2.09. The molecule has 0 atom stereocenters. The molecular formula is C17H11ClFNO. The van der Waals surface area contributed by atoms with E-state index in [1.807, 2.05) is 12.1 Å². The van der Waals surface area contributed by atoms with Crippen LogP contribution in [0.15, 0.2) is 60.7 Å². The Morgan fingerprint density at radius 3 is 2.48 bits per heavy atom. The third kappa shape index (κ3) is 2.73. The minimum atomic E-state index is -0.395. The van der Waals surface area contributed by atoms with Crippen LogP contribution >= 0.6 is 11.6 Å². The second kappa shape index (κ2) is 5.54. The number of anilines is 1. The van der Waals surface area contributed by atoms with Crippen LogP contribution in [0.3, 0.4) is 0 Å². The maximum atomic E-state index is 13.2. The number of hydrogen-bond acceptors (Lipinski definition) is 1. The van der Waals surface area contributed by atoms with E-state index in [0.29, 0.717) is 16.3 Å². The fourth-order valence-corrected chi connectivity index (χ4v) is 2.47. The van der Waals surface area contributed by atoms with Gasteiger partial charge in [-0.05, 0) is 35.7 Å². The van der Waals surface area contributed by atoms with Crippen LogP contribution in [0.5, 0.6) is 0 Å². The van der Waals surface area contributed by atoms with E-state index in [1.165, 1.54) is 12.1 Å². The lowest BCUT2D eigenvalue weighted by Crippen LogP contribution is -2.12. The number of benzene rings is 3. The van der Waals surface area contributed by atoms with E-state index < -0.39 is 5.82 Å². The van der Waals surface area contributed by atoms with Gasteiger partial charge in [0.05, 0.1) is 0 Å². The van der Waals surface area contributed by atoms with Crippen LogP contribution in [0, 0.1) is 5.82 Å². The first-order valence-electron chi connectivity index (χ1n) is 6.39. The maximum Gasteiger partial charge on any atom is 0.256 e. The molecule has 0 heterocycles. The standard InChI is InChI=1S/C17H11ClFNO/c18-16-9-3-6-13-14(16)7-2-8-15(13)17(21)20-12-5-1-4-11(19)10-12/h1-10H,(H,20,21). The number of hydrogen-bond donors (Lipinski definition) is 1. The van der Waals surface area contributed by atoms with Gasteiger partial charge in [0.2, 0.25) is 0 Å². The van der Waals surface area contributed by atoms with Gasteiger partial charge < -0.3 is 5.32 Å². The first-order valence-corrected chi connectivity index (χ1v) is 6.77. The summed E-state index contributed by atoms with van der Waals surface area (Å²) in [6.45, 7) is 0. The van der Waals surface area contributed by atoms with Crippen LogP contribution in [0.2, 0.25) is 5.02 Å². The molecule has 0 bridgehead atoms. The summed E-state index contributed by atoms with van der Waals surface area (Å²) in [5.41, 5.74) is 0.915. The Balaban J connectivity index is 2.00. The Morgan fingerprint density at radius 2 is 1.67 bits per heavy atom. The molecule has 0 aliphatic rings. The molecule has 1 N–H and O–H groups in total. The summed E-state index contributed by atoms with van der Waals surface area (Å²) < 4.78 is 13.2. The summed E-state index contributed by atoms with van der Waals surface area (Å²) in [6.07, 6.45) is 0. The van der Waals surface area contributed by atoms with Crippen LogP contribution in [-0.2, 0) is 0 Å². The number of halogens is 2.